The predicted molar refractivity (Wildman–Crippen MR) is 84.6 cm³/mol. The van der Waals surface area contributed by atoms with Gasteiger partial charge in [0.2, 0.25) is 0 Å². The maximum absolute atomic E-state index is 12.1. The number of aromatic nitrogens is 1. The van der Waals surface area contributed by atoms with E-state index in [1.165, 1.54) is 0 Å². The number of ether oxygens (including phenoxy) is 1. The van der Waals surface area contributed by atoms with Crippen LogP contribution in [0.25, 0.3) is 0 Å². The molecule has 2 heterocycles. The molecule has 5 nitrogen and oxygen atoms in total. The largest absolute Gasteiger partial charge is 0.444 e. The first-order valence-corrected chi connectivity index (χ1v) is 8.47. The highest BCUT2D eigenvalue weighted by molar-refractivity contribution is 7.07. The smallest absolute Gasteiger partial charge is 0.410 e. The highest BCUT2D eigenvalue weighted by Crippen LogP contribution is 2.15. The third-order valence-electron chi connectivity index (χ3n) is 3.37. The number of thiazole rings is 1. The molecule has 0 aliphatic carbocycles. The van der Waals surface area contributed by atoms with Gasteiger partial charge >= 0.3 is 6.09 Å². The molecule has 21 heavy (non-hydrogen) atoms. The Morgan fingerprint density at radius 2 is 2.38 bits per heavy atom. The summed E-state index contributed by atoms with van der Waals surface area (Å²) in [6.07, 6.45) is 2.87. The normalized spacial score (nSPS) is 19.6. The summed E-state index contributed by atoms with van der Waals surface area (Å²) in [5, 5.41) is 5.60. The van der Waals surface area contributed by atoms with Gasteiger partial charge in [-0.3, -0.25) is 0 Å². The van der Waals surface area contributed by atoms with E-state index in [1.54, 1.807) is 11.3 Å². The van der Waals surface area contributed by atoms with Gasteiger partial charge in [0, 0.05) is 37.5 Å². The molecule has 1 aromatic rings. The Balaban J connectivity index is 1.74. The molecule has 0 bridgehead atoms. The first-order chi connectivity index (χ1) is 9.94. The van der Waals surface area contributed by atoms with E-state index in [4.69, 9.17) is 4.74 Å². The van der Waals surface area contributed by atoms with Gasteiger partial charge in [0.1, 0.15) is 5.60 Å². The summed E-state index contributed by atoms with van der Waals surface area (Å²) in [5.74, 6) is 0. The van der Waals surface area contributed by atoms with Crippen LogP contribution in [0.3, 0.4) is 0 Å². The van der Waals surface area contributed by atoms with E-state index in [9.17, 15) is 4.79 Å². The van der Waals surface area contributed by atoms with Gasteiger partial charge in [-0.05, 0) is 33.6 Å². The Morgan fingerprint density at radius 3 is 3.05 bits per heavy atom. The van der Waals surface area contributed by atoms with Crippen molar-refractivity contribution < 1.29 is 9.53 Å². The molecule has 1 aliphatic rings. The minimum Gasteiger partial charge on any atom is -0.444 e. The molecule has 1 saturated heterocycles. The van der Waals surface area contributed by atoms with Crippen LogP contribution in [0.1, 0.15) is 39.3 Å². The van der Waals surface area contributed by atoms with Crippen LogP contribution < -0.4 is 5.32 Å². The van der Waals surface area contributed by atoms with E-state index in [0.717, 1.165) is 44.6 Å². The second kappa shape index (κ2) is 7.22. The molecule has 0 radical (unpaired) electrons. The number of likely N-dealkylation sites (tertiary alicyclic amines) is 1. The Kier molecular flexibility index (Phi) is 5.58. The zero-order valence-electron chi connectivity index (χ0n) is 13.1. The van der Waals surface area contributed by atoms with Gasteiger partial charge in [-0.15, -0.1) is 11.3 Å². The summed E-state index contributed by atoms with van der Waals surface area (Å²) in [4.78, 5) is 18.2. The highest BCUT2D eigenvalue weighted by atomic mass is 32.1. The van der Waals surface area contributed by atoms with Crippen LogP contribution in [0.2, 0.25) is 0 Å². The number of nitrogens with zero attached hydrogens (tertiary/aromatic N) is 2. The number of carbonyl (C=O) groups excluding carboxylic acids is 1. The lowest BCUT2D eigenvalue weighted by atomic mass is 10.1. The van der Waals surface area contributed by atoms with Gasteiger partial charge in [0.15, 0.2) is 0 Å². The minimum atomic E-state index is -0.428. The molecule has 1 aromatic heterocycles. The van der Waals surface area contributed by atoms with Crippen molar-refractivity contribution in [3.05, 3.63) is 16.6 Å². The second-order valence-corrected chi connectivity index (χ2v) is 7.17. The van der Waals surface area contributed by atoms with Crippen LogP contribution in [0.4, 0.5) is 4.79 Å². The van der Waals surface area contributed by atoms with E-state index in [2.05, 4.69) is 15.7 Å². The van der Waals surface area contributed by atoms with E-state index in [1.807, 2.05) is 31.2 Å². The third-order valence-corrected chi connectivity index (χ3v) is 4.01. The summed E-state index contributed by atoms with van der Waals surface area (Å²) in [6, 6.07) is 0.352. The Bertz CT molecular complexity index is 442. The first-order valence-electron chi connectivity index (χ1n) is 7.52. The zero-order chi connectivity index (χ0) is 15.3. The molecule has 1 amide bonds. The van der Waals surface area contributed by atoms with E-state index < -0.39 is 5.60 Å². The average molecular weight is 311 g/mol. The SMILES string of the molecule is CC(C)(C)OC(=O)N1CCCC(NCCc2cscn2)C1. The number of hydrogen-bond acceptors (Lipinski definition) is 5. The van der Waals surface area contributed by atoms with E-state index >= 15 is 0 Å². The fourth-order valence-electron chi connectivity index (χ4n) is 2.40. The van der Waals surface area contributed by atoms with Crippen LogP contribution in [0, 0.1) is 0 Å². The van der Waals surface area contributed by atoms with Crippen LogP contribution in [0.15, 0.2) is 10.9 Å². The fraction of sp³-hybridized carbons (Fsp3) is 0.733. The van der Waals surface area contributed by atoms with Gasteiger partial charge in [-0.1, -0.05) is 0 Å². The zero-order valence-corrected chi connectivity index (χ0v) is 13.9. The lowest BCUT2D eigenvalue weighted by molar-refractivity contribution is 0.0188. The van der Waals surface area contributed by atoms with Gasteiger partial charge in [0.25, 0.3) is 0 Å². The molecule has 1 aliphatic heterocycles. The molecular weight excluding hydrogens is 286 g/mol. The standard InChI is InChI=1S/C15H25N3O2S/c1-15(2,3)20-14(19)18-8-4-5-12(9-18)16-7-6-13-10-21-11-17-13/h10-12,16H,4-9H2,1-3H3. The lowest BCUT2D eigenvalue weighted by Gasteiger charge is -2.34. The van der Waals surface area contributed by atoms with E-state index in [0.29, 0.717) is 6.04 Å². The van der Waals surface area contributed by atoms with Crippen molar-refractivity contribution >= 4 is 17.4 Å². The molecule has 0 spiro atoms. The Morgan fingerprint density at radius 1 is 1.57 bits per heavy atom. The molecular formula is C15H25N3O2S. The summed E-state index contributed by atoms with van der Waals surface area (Å²) in [7, 11) is 0. The fourth-order valence-corrected chi connectivity index (χ4v) is 2.99. The molecule has 2 rings (SSSR count). The summed E-state index contributed by atoms with van der Waals surface area (Å²) >= 11 is 1.63. The number of hydrogen-bond donors (Lipinski definition) is 1. The van der Waals surface area contributed by atoms with Gasteiger partial charge < -0.3 is 15.0 Å². The van der Waals surface area contributed by atoms with Gasteiger partial charge in [-0.25, -0.2) is 9.78 Å². The molecule has 1 atom stereocenters. The van der Waals surface area contributed by atoms with Crippen molar-refractivity contribution in [2.24, 2.45) is 0 Å². The Hall–Kier alpha value is -1.14. The third kappa shape index (κ3) is 5.63. The molecule has 0 saturated carbocycles. The summed E-state index contributed by atoms with van der Waals surface area (Å²) < 4.78 is 5.44. The van der Waals surface area contributed by atoms with Crippen LogP contribution in [-0.2, 0) is 11.2 Å². The maximum Gasteiger partial charge on any atom is 0.410 e. The predicted octanol–water partition coefficient (Wildman–Crippen LogP) is 2.67. The molecule has 118 valence electrons. The topological polar surface area (TPSA) is 54.5 Å². The monoisotopic (exact) mass is 311 g/mol. The van der Waals surface area contributed by atoms with Gasteiger partial charge in [0.05, 0.1) is 11.2 Å². The number of amides is 1. The quantitative estimate of drug-likeness (QED) is 0.929. The average Bonchev–Trinajstić information content (AvgIpc) is 2.90. The van der Waals surface area contributed by atoms with Crippen molar-refractivity contribution in [1.29, 1.82) is 0 Å². The van der Waals surface area contributed by atoms with Crippen molar-refractivity contribution in [3.8, 4) is 0 Å². The van der Waals surface area contributed by atoms with Crippen molar-refractivity contribution in [2.75, 3.05) is 19.6 Å². The number of rotatable bonds is 4. The molecule has 6 heteroatoms. The molecule has 1 N–H and O–H groups in total. The molecule has 1 fully saturated rings. The lowest BCUT2D eigenvalue weighted by Crippen LogP contribution is -2.49. The van der Waals surface area contributed by atoms with E-state index in [-0.39, 0.29) is 6.09 Å². The van der Waals surface area contributed by atoms with Crippen LogP contribution >= 0.6 is 11.3 Å². The van der Waals surface area contributed by atoms with Crippen LogP contribution in [0.5, 0.6) is 0 Å². The van der Waals surface area contributed by atoms with Crippen molar-refractivity contribution in [3.63, 3.8) is 0 Å². The van der Waals surface area contributed by atoms with Crippen LogP contribution in [-0.4, -0.2) is 47.3 Å². The van der Waals surface area contributed by atoms with Gasteiger partial charge in [-0.2, -0.15) is 0 Å². The summed E-state index contributed by atoms with van der Waals surface area (Å²) in [5.41, 5.74) is 2.56. The minimum absolute atomic E-state index is 0.200. The summed E-state index contributed by atoms with van der Waals surface area (Å²) in [6.45, 7) is 8.12. The molecule has 0 aromatic carbocycles. The molecule has 1 unspecified atom stereocenters. The first kappa shape index (κ1) is 16.2. The van der Waals surface area contributed by atoms with Crippen molar-refractivity contribution in [2.45, 2.75) is 51.7 Å². The highest BCUT2D eigenvalue weighted by Gasteiger charge is 2.27. The second-order valence-electron chi connectivity index (χ2n) is 6.45. The number of piperidine rings is 1. The number of nitrogens with one attached hydrogen (secondary N) is 1. The maximum atomic E-state index is 12.1. The number of carbonyl (C=O) groups is 1. The Labute approximate surface area is 130 Å². The van der Waals surface area contributed by atoms with Crippen molar-refractivity contribution in [1.82, 2.24) is 15.2 Å².